The topological polar surface area (TPSA) is 49.0 Å². The summed E-state index contributed by atoms with van der Waals surface area (Å²) in [5.74, 6) is 0. The smallest absolute Gasteiger partial charge is 0.187 e. The monoisotopic (exact) mass is 297 g/mol. The van der Waals surface area contributed by atoms with Crippen LogP contribution < -0.4 is 5.43 Å². The summed E-state index contributed by atoms with van der Waals surface area (Å²) in [6.45, 7) is 5.60. The second-order valence-electron chi connectivity index (χ2n) is 6.14. The standard InChI is InChI=1S/C18H23N3O/c1-13-11-20-16(14(2)18(13)22)12-21-10-6-4-8-17(21)15-7-3-5-9-19-15/h3,5,7,9,11,17H,4,6,8,10,12H2,1-2H3,(H,20,22)/t17-/m1/s1. The van der Waals surface area contributed by atoms with Gasteiger partial charge in [0.05, 0.1) is 11.7 Å². The van der Waals surface area contributed by atoms with Gasteiger partial charge in [0.1, 0.15) is 0 Å². The molecule has 2 aromatic rings. The summed E-state index contributed by atoms with van der Waals surface area (Å²) < 4.78 is 0. The van der Waals surface area contributed by atoms with Crippen molar-refractivity contribution in [2.24, 2.45) is 0 Å². The first kappa shape index (κ1) is 15.0. The van der Waals surface area contributed by atoms with Gasteiger partial charge in [-0.1, -0.05) is 12.5 Å². The number of likely N-dealkylation sites (tertiary alicyclic amines) is 1. The van der Waals surface area contributed by atoms with Crippen molar-refractivity contribution in [1.82, 2.24) is 14.9 Å². The van der Waals surface area contributed by atoms with E-state index in [1.165, 1.54) is 12.8 Å². The minimum Gasteiger partial charge on any atom is -0.363 e. The Hall–Kier alpha value is -1.94. The molecule has 3 heterocycles. The van der Waals surface area contributed by atoms with Crippen molar-refractivity contribution in [3.8, 4) is 0 Å². The fourth-order valence-corrected chi connectivity index (χ4v) is 3.26. The fourth-order valence-electron chi connectivity index (χ4n) is 3.26. The number of nitrogens with zero attached hydrogens (tertiary/aromatic N) is 2. The number of hydrogen-bond acceptors (Lipinski definition) is 3. The SMILES string of the molecule is Cc1c[nH]c(CN2CCCC[C@@H]2c2ccccn2)c(C)c1=O. The molecule has 0 aromatic carbocycles. The highest BCUT2D eigenvalue weighted by Crippen LogP contribution is 2.30. The van der Waals surface area contributed by atoms with Gasteiger partial charge >= 0.3 is 0 Å². The molecule has 22 heavy (non-hydrogen) atoms. The molecule has 0 aliphatic carbocycles. The van der Waals surface area contributed by atoms with Crippen molar-refractivity contribution >= 4 is 0 Å². The highest BCUT2D eigenvalue weighted by Gasteiger charge is 2.25. The maximum Gasteiger partial charge on any atom is 0.187 e. The van der Waals surface area contributed by atoms with Gasteiger partial charge in [-0.05, 0) is 45.4 Å². The summed E-state index contributed by atoms with van der Waals surface area (Å²) >= 11 is 0. The van der Waals surface area contributed by atoms with Crippen LogP contribution in [0.1, 0.15) is 47.8 Å². The molecule has 1 atom stereocenters. The Morgan fingerprint density at radius 1 is 1.32 bits per heavy atom. The van der Waals surface area contributed by atoms with Gasteiger partial charge in [0.25, 0.3) is 0 Å². The fraction of sp³-hybridized carbons (Fsp3) is 0.444. The Balaban J connectivity index is 1.86. The van der Waals surface area contributed by atoms with Crippen molar-refractivity contribution in [3.05, 3.63) is 63.3 Å². The van der Waals surface area contributed by atoms with Crippen LogP contribution in [0.4, 0.5) is 0 Å². The maximum absolute atomic E-state index is 12.1. The van der Waals surface area contributed by atoms with E-state index in [0.717, 1.165) is 42.0 Å². The lowest BCUT2D eigenvalue weighted by molar-refractivity contribution is 0.135. The van der Waals surface area contributed by atoms with Gasteiger partial charge < -0.3 is 4.98 Å². The largest absolute Gasteiger partial charge is 0.363 e. The van der Waals surface area contributed by atoms with Crippen LogP contribution in [-0.2, 0) is 6.54 Å². The lowest BCUT2D eigenvalue weighted by Crippen LogP contribution is -2.34. The predicted molar refractivity (Wildman–Crippen MR) is 87.8 cm³/mol. The Bertz CT molecular complexity index is 693. The molecule has 0 radical (unpaired) electrons. The molecule has 4 heteroatoms. The van der Waals surface area contributed by atoms with E-state index in [-0.39, 0.29) is 5.43 Å². The van der Waals surface area contributed by atoms with E-state index in [2.05, 4.69) is 20.9 Å². The van der Waals surface area contributed by atoms with Crippen molar-refractivity contribution < 1.29 is 0 Å². The summed E-state index contributed by atoms with van der Waals surface area (Å²) in [5, 5.41) is 0. The van der Waals surface area contributed by atoms with Crippen LogP contribution in [0, 0.1) is 13.8 Å². The molecule has 1 saturated heterocycles. The lowest BCUT2D eigenvalue weighted by Gasteiger charge is -2.35. The summed E-state index contributed by atoms with van der Waals surface area (Å²) in [5.41, 5.74) is 3.93. The number of piperidine rings is 1. The molecular formula is C18H23N3O. The second kappa shape index (κ2) is 6.44. The second-order valence-corrected chi connectivity index (χ2v) is 6.14. The Labute approximate surface area is 131 Å². The molecule has 0 bridgehead atoms. The zero-order valence-corrected chi connectivity index (χ0v) is 13.3. The number of H-pyrrole nitrogens is 1. The highest BCUT2D eigenvalue weighted by molar-refractivity contribution is 5.24. The molecule has 0 amide bonds. The quantitative estimate of drug-likeness (QED) is 0.947. The Kier molecular flexibility index (Phi) is 4.39. The summed E-state index contributed by atoms with van der Waals surface area (Å²) in [6.07, 6.45) is 7.26. The van der Waals surface area contributed by atoms with Crippen molar-refractivity contribution in [3.63, 3.8) is 0 Å². The minimum atomic E-state index is 0.153. The minimum absolute atomic E-state index is 0.153. The van der Waals surface area contributed by atoms with Gasteiger partial charge in [0.15, 0.2) is 5.43 Å². The zero-order valence-electron chi connectivity index (χ0n) is 13.3. The van der Waals surface area contributed by atoms with Gasteiger partial charge in [-0.3, -0.25) is 14.7 Å². The number of aryl methyl sites for hydroxylation is 1. The van der Waals surface area contributed by atoms with E-state index < -0.39 is 0 Å². The molecule has 1 aliphatic rings. The third-order valence-corrected chi connectivity index (χ3v) is 4.62. The number of pyridine rings is 2. The molecule has 3 rings (SSSR count). The average Bonchev–Trinajstić information content (AvgIpc) is 2.57. The van der Waals surface area contributed by atoms with E-state index in [4.69, 9.17) is 0 Å². The number of aromatic nitrogens is 2. The van der Waals surface area contributed by atoms with Crippen LogP contribution >= 0.6 is 0 Å². The van der Waals surface area contributed by atoms with Gasteiger partial charge in [-0.25, -0.2) is 0 Å². The third-order valence-electron chi connectivity index (χ3n) is 4.62. The number of nitrogens with one attached hydrogen (secondary N) is 1. The molecule has 4 nitrogen and oxygen atoms in total. The van der Waals surface area contributed by atoms with Crippen LogP contribution in [0.3, 0.4) is 0 Å². The summed E-state index contributed by atoms with van der Waals surface area (Å²) in [7, 11) is 0. The van der Waals surface area contributed by atoms with Crippen molar-refractivity contribution in [1.29, 1.82) is 0 Å². The van der Waals surface area contributed by atoms with Gasteiger partial charge in [-0.2, -0.15) is 0 Å². The van der Waals surface area contributed by atoms with Crippen LogP contribution in [0.25, 0.3) is 0 Å². The maximum atomic E-state index is 12.1. The van der Waals surface area contributed by atoms with Crippen molar-refractivity contribution in [2.75, 3.05) is 6.54 Å². The first-order valence-electron chi connectivity index (χ1n) is 7.99. The number of hydrogen-bond donors (Lipinski definition) is 1. The molecule has 2 aromatic heterocycles. The van der Waals surface area contributed by atoms with Crippen LogP contribution in [0.2, 0.25) is 0 Å². The Morgan fingerprint density at radius 3 is 2.95 bits per heavy atom. The molecular weight excluding hydrogens is 274 g/mol. The molecule has 1 fully saturated rings. The molecule has 0 saturated carbocycles. The molecule has 1 N–H and O–H groups in total. The first-order chi connectivity index (χ1) is 10.7. The summed E-state index contributed by atoms with van der Waals surface area (Å²) in [4.78, 5) is 22.4. The average molecular weight is 297 g/mol. The molecule has 0 unspecified atom stereocenters. The van der Waals surface area contributed by atoms with E-state index in [1.807, 2.05) is 38.4 Å². The van der Waals surface area contributed by atoms with E-state index in [0.29, 0.717) is 6.04 Å². The summed E-state index contributed by atoms with van der Waals surface area (Å²) in [6, 6.07) is 6.46. The van der Waals surface area contributed by atoms with Crippen LogP contribution in [0.15, 0.2) is 35.4 Å². The molecule has 1 aliphatic heterocycles. The first-order valence-corrected chi connectivity index (χ1v) is 7.99. The molecule has 0 spiro atoms. The Morgan fingerprint density at radius 2 is 2.18 bits per heavy atom. The predicted octanol–water partition coefficient (Wildman–Crippen LogP) is 3.11. The highest BCUT2D eigenvalue weighted by atomic mass is 16.1. The van der Waals surface area contributed by atoms with Gasteiger partial charge in [-0.15, -0.1) is 0 Å². The van der Waals surface area contributed by atoms with E-state index in [9.17, 15) is 4.79 Å². The number of rotatable bonds is 3. The van der Waals surface area contributed by atoms with Crippen LogP contribution in [-0.4, -0.2) is 21.4 Å². The molecule has 116 valence electrons. The normalized spacial score (nSPS) is 19.3. The van der Waals surface area contributed by atoms with E-state index >= 15 is 0 Å². The van der Waals surface area contributed by atoms with Crippen LogP contribution in [0.5, 0.6) is 0 Å². The number of aromatic amines is 1. The zero-order chi connectivity index (χ0) is 15.5. The third kappa shape index (κ3) is 2.97. The van der Waals surface area contributed by atoms with Gasteiger partial charge in [0.2, 0.25) is 0 Å². The van der Waals surface area contributed by atoms with Crippen molar-refractivity contribution in [2.45, 2.75) is 45.7 Å². The van der Waals surface area contributed by atoms with Gasteiger partial charge in [0, 0.05) is 35.8 Å². The lowest BCUT2D eigenvalue weighted by atomic mass is 9.98. The van der Waals surface area contributed by atoms with E-state index in [1.54, 1.807) is 0 Å².